The fourth-order valence-electron chi connectivity index (χ4n) is 3.48. The van der Waals surface area contributed by atoms with Gasteiger partial charge >= 0.3 is 6.18 Å². The molecule has 2 fully saturated rings. The van der Waals surface area contributed by atoms with Crippen LogP contribution in [0.5, 0.6) is 5.88 Å². The number of alkyl halides is 3. The summed E-state index contributed by atoms with van der Waals surface area (Å²) in [7, 11) is 0. The lowest BCUT2D eigenvalue weighted by atomic mass is 9.96. The van der Waals surface area contributed by atoms with Crippen molar-refractivity contribution < 1.29 is 36.9 Å². The summed E-state index contributed by atoms with van der Waals surface area (Å²) < 4.78 is 68.5. The van der Waals surface area contributed by atoms with Crippen LogP contribution in [0, 0.1) is 0 Å². The van der Waals surface area contributed by atoms with Crippen LogP contribution >= 0.6 is 0 Å². The SMILES string of the molecule is C=C/C=N\C(=C)OC[C@H]1O[C@H](C)[C@@H]2OC(C)(C)O[C@@H]2[C@H]1Oc1cccc(C(F)(F)F)n1. The first-order chi connectivity index (χ1) is 14.5. The van der Waals surface area contributed by atoms with Gasteiger partial charge in [-0.3, -0.25) is 0 Å². The number of hydrogen-bond donors (Lipinski definition) is 0. The van der Waals surface area contributed by atoms with Crippen molar-refractivity contribution in [2.24, 2.45) is 4.99 Å². The second-order valence-electron chi connectivity index (χ2n) is 7.60. The fraction of sp³-hybridized carbons (Fsp3) is 0.524. The largest absolute Gasteiger partial charge is 0.475 e. The molecule has 1 aromatic rings. The number of ether oxygens (including phenoxy) is 5. The maximum absolute atomic E-state index is 13.1. The van der Waals surface area contributed by atoms with Crippen LogP contribution in [-0.2, 0) is 25.1 Å². The Kier molecular flexibility index (Phi) is 6.73. The molecule has 5 atom stereocenters. The van der Waals surface area contributed by atoms with E-state index in [0.29, 0.717) is 0 Å². The van der Waals surface area contributed by atoms with Crippen molar-refractivity contribution in [2.45, 2.75) is 63.3 Å². The van der Waals surface area contributed by atoms with Crippen LogP contribution in [0.15, 0.2) is 48.3 Å². The van der Waals surface area contributed by atoms with Gasteiger partial charge in [0.15, 0.2) is 11.9 Å². The van der Waals surface area contributed by atoms with Crippen LogP contribution in [-0.4, -0.2) is 54.1 Å². The van der Waals surface area contributed by atoms with E-state index in [1.165, 1.54) is 24.4 Å². The van der Waals surface area contributed by atoms with Crippen LogP contribution in [0.4, 0.5) is 13.2 Å². The van der Waals surface area contributed by atoms with Gasteiger partial charge in [-0.25, -0.2) is 9.98 Å². The van der Waals surface area contributed by atoms with Gasteiger partial charge in [0, 0.05) is 12.3 Å². The van der Waals surface area contributed by atoms with E-state index in [9.17, 15) is 13.2 Å². The van der Waals surface area contributed by atoms with Gasteiger partial charge in [0.05, 0.1) is 6.10 Å². The number of allylic oxidation sites excluding steroid dienone is 1. The van der Waals surface area contributed by atoms with Crippen LogP contribution in [0.25, 0.3) is 0 Å². The third-order valence-corrected chi connectivity index (χ3v) is 4.71. The molecule has 1 aromatic heterocycles. The first-order valence-corrected chi connectivity index (χ1v) is 9.69. The lowest BCUT2D eigenvalue weighted by Crippen LogP contribution is -2.58. The Morgan fingerprint density at radius 2 is 2.00 bits per heavy atom. The Hall–Kier alpha value is -2.43. The van der Waals surface area contributed by atoms with Gasteiger partial charge in [-0.1, -0.05) is 18.7 Å². The zero-order valence-corrected chi connectivity index (χ0v) is 17.5. The number of rotatable bonds is 7. The van der Waals surface area contributed by atoms with Crippen molar-refractivity contribution in [3.05, 3.63) is 49.0 Å². The van der Waals surface area contributed by atoms with Crippen molar-refractivity contribution >= 4 is 6.21 Å². The molecule has 0 N–H and O–H groups in total. The lowest BCUT2D eigenvalue weighted by Gasteiger charge is -2.40. The van der Waals surface area contributed by atoms with Gasteiger partial charge in [0.2, 0.25) is 11.8 Å². The van der Waals surface area contributed by atoms with Gasteiger partial charge in [-0.05, 0) is 33.4 Å². The van der Waals surface area contributed by atoms with Gasteiger partial charge in [0.1, 0.15) is 30.6 Å². The molecule has 0 amide bonds. The summed E-state index contributed by atoms with van der Waals surface area (Å²) in [5.41, 5.74) is -1.06. The van der Waals surface area contributed by atoms with E-state index in [4.69, 9.17) is 23.7 Å². The first kappa shape index (κ1) is 23.2. The molecule has 2 saturated heterocycles. The fourth-order valence-corrected chi connectivity index (χ4v) is 3.48. The molecule has 0 aromatic carbocycles. The number of fused-ring (bicyclic) bond motifs is 1. The molecular weight excluding hydrogens is 417 g/mol. The van der Waals surface area contributed by atoms with Crippen LogP contribution in [0.2, 0.25) is 0 Å². The summed E-state index contributed by atoms with van der Waals surface area (Å²) in [5.74, 6) is -1.000. The number of aliphatic imine (C=N–C) groups is 1. The standard InChI is InChI=1S/C21H25F3N2O5/c1-6-10-25-13(3)27-11-14-18(19-17(12(2)28-14)30-20(4,5)31-19)29-16-9-7-8-15(26-16)21(22,23)24/h6-10,12,14,17-19H,1,3,11H2,2,4-5H3/b25-10-/t12-,14-,17+,18+,19+/m1/s1. The zero-order valence-electron chi connectivity index (χ0n) is 17.5. The number of halogens is 3. The maximum atomic E-state index is 13.1. The maximum Gasteiger partial charge on any atom is 0.433 e. The number of hydrogen-bond acceptors (Lipinski definition) is 7. The van der Waals surface area contributed by atoms with Crippen molar-refractivity contribution in [3.8, 4) is 5.88 Å². The Morgan fingerprint density at radius 1 is 1.29 bits per heavy atom. The van der Waals surface area contributed by atoms with E-state index in [1.807, 2.05) is 6.92 Å². The average molecular weight is 442 g/mol. The lowest BCUT2D eigenvalue weighted by molar-refractivity contribution is -0.186. The Balaban J connectivity index is 1.84. The van der Waals surface area contributed by atoms with E-state index < -0.39 is 42.1 Å². The minimum Gasteiger partial charge on any atom is -0.475 e. The highest BCUT2D eigenvalue weighted by molar-refractivity contribution is 5.70. The number of nitrogens with zero attached hydrogens (tertiary/aromatic N) is 2. The number of pyridine rings is 1. The third-order valence-electron chi connectivity index (χ3n) is 4.71. The molecule has 10 heteroatoms. The van der Waals surface area contributed by atoms with Crippen molar-refractivity contribution in [1.82, 2.24) is 4.98 Å². The highest BCUT2D eigenvalue weighted by Gasteiger charge is 2.55. The molecule has 0 saturated carbocycles. The van der Waals surface area contributed by atoms with E-state index in [0.717, 1.165) is 6.07 Å². The Labute approximate surface area is 178 Å². The molecule has 3 rings (SSSR count). The second kappa shape index (κ2) is 8.97. The van der Waals surface area contributed by atoms with Crippen molar-refractivity contribution in [1.29, 1.82) is 0 Å². The summed E-state index contributed by atoms with van der Waals surface area (Å²) in [4.78, 5) is 7.52. The van der Waals surface area contributed by atoms with E-state index in [2.05, 4.69) is 23.1 Å². The molecule has 7 nitrogen and oxygen atoms in total. The summed E-state index contributed by atoms with van der Waals surface area (Å²) in [6.07, 6.45) is -4.75. The minimum atomic E-state index is -4.60. The molecule has 0 unspecified atom stereocenters. The third kappa shape index (κ3) is 5.63. The van der Waals surface area contributed by atoms with Crippen molar-refractivity contribution in [3.63, 3.8) is 0 Å². The van der Waals surface area contributed by atoms with Gasteiger partial charge < -0.3 is 23.7 Å². The Morgan fingerprint density at radius 3 is 2.68 bits per heavy atom. The molecule has 0 bridgehead atoms. The summed E-state index contributed by atoms with van der Waals surface area (Å²) in [5, 5.41) is 0. The highest BCUT2D eigenvalue weighted by Crippen LogP contribution is 2.39. The summed E-state index contributed by atoms with van der Waals surface area (Å²) in [6.45, 7) is 12.5. The molecule has 2 aliphatic heterocycles. The molecule has 31 heavy (non-hydrogen) atoms. The predicted molar refractivity (Wildman–Crippen MR) is 106 cm³/mol. The summed E-state index contributed by atoms with van der Waals surface area (Å²) >= 11 is 0. The highest BCUT2D eigenvalue weighted by atomic mass is 19.4. The second-order valence-corrected chi connectivity index (χ2v) is 7.60. The quantitative estimate of drug-likeness (QED) is 0.471. The van der Waals surface area contributed by atoms with E-state index >= 15 is 0 Å². The molecule has 170 valence electrons. The van der Waals surface area contributed by atoms with Gasteiger partial charge in [-0.2, -0.15) is 13.2 Å². The molecular formula is C21H25F3N2O5. The van der Waals surface area contributed by atoms with Crippen LogP contribution in [0.1, 0.15) is 26.5 Å². The first-order valence-electron chi connectivity index (χ1n) is 9.69. The molecule has 0 aliphatic carbocycles. The molecule has 3 heterocycles. The average Bonchev–Trinajstić information content (AvgIpc) is 3.02. The monoisotopic (exact) mass is 442 g/mol. The van der Waals surface area contributed by atoms with Gasteiger partial charge in [0.25, 0.3) is 0 Å². The van der Waals surface area contributed by atoms with Gasteiger partial charge in [-0.15, -0.1) is 0 Å². The molecule has 2 aliphatic rings. The molecule has 0 spiro atoms. The van der Waals surface area contributed by atoms with Crippen molar-refractivity contribution in [2.75, 3.05) is 6.61 Å². The number of aromatic nitrogens is 1. The predicted octanol–water partition coefficient (Wildman–Crippen LogP) is 3.90. The summed E-state index contributed by atoms with van der Waals surface area (Å²) in [6, 6.07) is 3.44. The smallest absolute Gasteiger partial charge is 0.433 e. The Bertz CT molecular complexity index is 843. The van der Waals surface area contributed by atoms with E-state index in [1.54, 1.807) is 13.8 Å². The van der Waals surface area contributed by atoms with E-state index in [-0.39, 0.29) is 24.5 Å². The van der Waals surface area contributed by atoms with Crippen LogP contribution < -0.4 is 4.74 Å². The topological polar surface area (TPSA) is 71.4 Å². The zero-order chi connectivity index (χ0) is 22.8. The normalized spacial score (nSPS) is 30.1. The molecule has 0 radical (unpaired) electrons. The van der Waals surface area contributed by atoms with Crippen LogP contribution in [0.3, 0.4) is 0 Å². The minimum absolute atomic E-state index is 0.0196.